The molecule has 110 valence electrons. The summed E-state index contributed by atoms with van der Waals surface area (Å²) in [5.74, 6) is 0.335. The highest BCUT2D eigenvalue weighted by atomic mass is 32.2. The molecule has 2 unspecified atom stereocenters. The SMILES string of the molecule is CN(C)S(=O)(=O)N1CC2CC(C1)c1cccc(=O)n1C2. The maximum Gasteiger partial charge on any atom is 0.281 e. The summed E-state index contributed by atoms with van der Waals surface area (Å²) in [5.41, 5.74) is 0.980. The summed E-state index contributed by atoms with van der Waals surface area (Å²) in [6.07, 6.45) is 0.961. The Bertz CT molecular complexity index is 680. The number of pyridine rings is 1. The second kappa shape index (κ2) is 4.68. The van der Waals surface area contributed by atoms with E-state index in [2.05, 4.69) is 0 Å². The molecule has 1 fully saturated rings. The van der Waals surface area contributed by atoms with E-state index in [0.717, 1.165) is 12.1 Å². The Hall–Kier alpha value is -1.18. The molecule has 0 amide bonds. The molecule has 0 radical (unpaired) electrons. The normalized spacial score (nSPS) is 26.6. The van der Waals surface area contributed by atoms with Crippen LogP contribution in [0.15, 0.2) is 23.0 Å². The Morgan fingerprint density at radius 3 is 2.65 bits per heavy atom. The minimum Gasteiger partial charge on any atom is -0.312 e. The summed E-state index contributed by atoms with van der Waals surface area (Å²) in [7, 11) is -0.268. The standard InChI is InChI=1S/C13H19N3O3S/c1-14(2)20(18,19)15-7-10-6-11(9-15)12-4-3-5-13(17)16(12)8-10/h3-5,10-11H,6-9H2,1-2H3. The van der Waals surface area contributed by atoms with Crippen molar-refractivity contribution >= 4 is 10.2 Å². The van der Waals surface area contributed by atoms with Crippen LogP contribution in [0.25, 0.3) is 0 Å². The molecule has 0 aromatic carbocycles. The number of piperidine rings is 1. The quantitative estimate of drug-likeness (QED) is 0.776. The van der Waals surface area contributed by atoms with Crippen LogP contribution in [-0.2, 0) is 16.8 Å². The second-order valence-electron chi connectivity index (χ2n) is 5.81. The molecule has 3 heterocycles. The number of hydrogen-bond donors (Lipinski definition) is 0. The molecule has 0 aliphatic carbocycles. The van der Waals surface area contributed by atoms with Crippen LogP contribution in [0, 0.1) is 5.92 Å². The van der Waals surface area contributed by atoms with Crippen LogP contribution in [0.1, 0.15) is 18.0 Å². The third-order valence-electron chi connectivity index (χ3n) is 4.23. The number of fused-ring (bicyclic) bond motifs is 4. The van der Waals surface area contributed by atoms with E-state index >= 15 is 0 Å². The molecule has 0 N–H and O–H groups in total. The van der Waals surface area contributed by atoms with Gasteiger partial charge in [0, 0.05) is 51.4 Å². The van der Waals surface area contributed by atoms with Crippen molar-refractivity contribution in [2.24, 2.45) is 5.92 Å². The van der Waals surface area contributed by atoms with Gasteiger partial charge in [0.2, 0.25) is 0 Å². The summed E-state index contributed by atoms with van der Waals surface area (Å²) in [6, 6.07) is 5.26. The average molecular weight is 297 g/mol. The summed E-state index contributed by atoms with van der Waals surface area (Å²) in [4.78, 5) is 11.9. The number of hydrogen-bond acceptors (Lipinski definition) is 3. The van der Waals surface area contributed by atoms with Crippen molar-refractivity contribution in [2.75, 3.05) is 27.2 Å². The van der Waals surface area contributed by atoms with Gasteiger partial charge >= 0.3 is 0 Å². The lowest BCUT2D eigenvalue weighted by atomic mass is 9.84. The molecule has 6 nitrogen and oxygen atoms in total. The van der Waals surface area contributed by atoms with Crippen molar-refractivity contribution in [3.05, 3.63) is 34.2 Å². The molecular formula is C13H19N3O3S. The van der Waals surface area contributed by atoms with E-state index in [4.69, 9.17) is 0 Å². The average Bonchev–Trinajstić information content (AvgIpc) is 2.39. The van der Waals surface area contributed by atoms with E-state index in [0.29, 0.717) is 19.6 Å². The van der Waals surface area contributed by atoms with Crippen LogP contribution >= 0.6 is 0 Å². The Balaban J connectivity index is 1.97. The predicted octanol–water partition coefficient (Wildman–Crippen LogP) is 0.0738. The van der Waals surface area contributed by atoms with Crippen molar-refractivity contribution in [3.8, 4) is 0 Å². The van der Waals surface area contributed by atoms with Gasteiger partial charge < -0.3 is 4.57 Å². The molecule has 0 spiro atoms. The van der Waals surface area contributed by atoms with Crippen LogP contribution < -0.4 is 5.56 Å². The van der Waals surface area contributed by atoms with E-state index < -0.39 is 10.2 Å². The maximum atomic E-state index is 12.3. The third kappa shape index (κ3) is 2.10. The molecule has 7 heteroatoms. The molecule has 2 aliphatic heterocycles. The van der Waals surface area contributed by atoms with Gasteiger partial charge in [-0.15, -0.1) is 0 Å². The van der Waals surface area contributed by atoms with E-state index in [1.54, 1.807) is 35.1 Å². The van der Waals surface area contributed by atoms with Gasteiger partial charge in [-0.05, 0) is 18.4 Å². The van der Waals surface area contributed by atoms with Crippen molar-refractivity contribution in [2.45, 2.75) is 18.9 Å². The molecule has 2 bridgehead atoms. The summed E-state index contributed by atoms with van der Waals surface area (Å²) in [6.45, 7) is 1.57. The Morgan fingerprint density at radius 1 is 1.20 bits per heavy atom. The first-order chi connectivity index (χ1) is 9.39. The zero-order valence-corrected chi connectivity index (χ0v) is 12.5. The number of rotatable bonds is 2. The topological polar surface area (TPSA) is 62.6 Å². The van der Waals surface area contributed by atoms with Gasteiger partial charge in [-0.1, -0.05) is 6.07 Å². The maximum absolute atomic E-state index is 12.3. The van der Waals surface area contributed by atoms with Crippen LogP contribution in [0.4, 0.5) is 0 Å². The van der Waals surface area contributed by atoms with Crippen LogP contribution in [-0.4, -0.2) is 48.8 Å². The van der Waals surface area contributed by atoms with Crippen molar-refractivity contribution in [3.63, 3.8) is 0 Å². The first kappa shape index (κ1) is 13.8. The molecule has 3 rings (SSSR count). The van der Waals surface area contributed by atoms with Crippen molar-refractivity contribution in [1.82, 2.24) is 13.2 Å². The fraction of sp³-hybridized carbons (Fsp3) is 0.615. The summed E-state index contributed by atoms with van der Waals surface area (Å²) >= 11 is 0. The van der Waals surface area contributed by atoms with Crippen LogP contribution in [0.2, 0.25) is 0 Å². The largest absolute Gasteiger partial charge is 0.312 e. The van der Waals surface area contributed by atoms with Crippen LogP contribution in [0.3, 0.4) is 0 Å². The molecule has 1 aromatic rings. The van der Waals surface area contributed by atoms with Crippen LogP contribution in [0.5, 0.6) is 0 Å². The van der Waals surface area contributed by atoms with Gasteiger partial charge in [0.1, 0.15) is 0 Å². The Labute approximate surface area is 118 Å². The summed E-state index contributed by atoms with van der Waals surface area (Å²) in [5, 5.41) is 0. The first-order valence-electron chi connectivity index (χ1n) is 6.77. The molecule has 1 aromatic heterocycles. The highest BCUT2D eigenvalue weighted by Gasteiger charge is 2.39. The molecule has 20 heavy (non-hydrogen) atoms. The lowest BCUT2D eigenvalue weighted by molar-refractivity contribution is 0.180. The fourth-order valence-corrected chi connectivity index (χ4v) is 4.50. The smallest absolute Gasteiger partial charge is 0.281 e. The zero-order valence-electron chi connectivity index (χ0n) is 11.7. The van der Waals surface area contributed by atoms with E-state index in [1.807, 2.05) is 6.07 Å². The van der Waals surface area contributed by atoms with E-state index in [9.17, 15) is 13.2 Å². The summed E-state index contributed by atoms with van der Waals surface area (Å²) < 4.78 is 29.2. The minimum absolute atomic E-state index is 0.0149. The zero-order chi connectivity index (χ0) is 14.5. The first-order valence-corrected chi connectivity index (χ1v) is 8.16. The Morgan fingerprint density at radius 2 is 1.95 bits per heavy atom. The van der Waals surface area contributed by atoms with Crippen molar-refractivity contribution in [1.29, 1.82) is 0 Å². The predicted molar refractivity (Wildman–Crippen MR) is 75.7 cm³/mol. The molecule has 2 atom stereocenters. The van der Waals surface area contributed by atoms with Gasteiger partial charge in [0.05, 0.1) is 0 Å². The highest BCUT2D eigenvalue weighted by molar-refractivity contribution is 7.86. The molecule has 0 saturated carbocycles. The fourth-order valence-electron chi connectivity index (χ4n) is 3.27. The van der Waals surface area contributed by atoms with Crippen molar-refractivity contribution < 1.29 is 8.42 Å². The number of aromatic nitrogens is 1. The molecular weight excluding hydrogens is 278 g/mol. The third-order valence-corrected chi connectivity index (χ3v) is 6.11. The lowest BCUT2D eigenvalue weighted by Gasteiger charge is -2.42. The lowest BCUT2D eigenvalue weighted by Crippen LogP contribution is -2.51. The highest BCUT2D eigenvalue weighted by Crippen LogP contribution is 2.36. The number of nitrogens with zero attached hydrogens (tertiary/aromatic N) is 3. The van der Waals surface area contributed by atoms with E-state index in [-0.39, 0.29) is 17.4 Å². The van der Waals surface area contributed by atoms with E-state index in [1.165, 1.54) is 4.31 Å². The monoisotopic (exact) mass is 297 g/mol. The Kier molecular flexibility index (Phi) is 3.23. The van der Waals surface area contributed by atoms with Gasteiger partial charge in [0.25, 0.3) is 15.8 Å². The van der Waals surface area contributed by atoms with Gasteiger partial charge in [-0.3, -0.25) is 4.79 Å². The minimum atomic E-state index is -3.38. The molecule has 1 saturated heterocycles. The van der Waals surface area contributed by atoms with Gasteiger partial charge in [-0.25, -0.2) is 0 Å². The molecule has 2 aliphatic rings. The van der Waals surface area contributed by atoms with Gasteiger partial charge in [0.15, 0.2) is 0 Å². The van der Waals surface area contributed by atoms with Gasteiger partial charge in [-0.2, -0.15) is 17.0 Å². The second-order valence-corrected chi connectivity index (χ2v) is 7.95.